The molecule has 1 N–H and O–H groups in total. The topological polar surface area (TPSA) is 82.8 Å². The Balaban J connectivity index is 1.88. The molecule has 0 bridgehead atoms. The van der Waals surface area contributed by atoms with Crippen LogP contribution >= 0.6 is 0 Å². The summed E-state index contributed by atoms with van der Waals surface area (Å²) in [6, 6.07) is 6.19. The molecule has 7 nitrogen and oxygen atoms in total. The Labute approximate surface area is 157 Å². The molecule has 2 heterocycles. The summed E-state index contributed by atoms with van der Waals surface area (Å²) in [4.78, 5) is 16.2. The normalized spacial score (nSPS) is 16.5. The van der Waals surface area contributed by atoms with Gasteiger partial charge in [0.25, 0.3) is 10.0 Å². The average molecular weight is 395 g/mol. The van der Waals surface area contributed by atoms with E-state index in [0.29, 0.717) is 16.1 Å². The van der Waals surface area contributed by atoms with Crippen LogP contribution in [0.1, 0.15) is 12.5 Å². The maximum absolute atomic E-state index is 13.9. The molecule has 0 atom stereocenters. The summed E-state index contributed by atoms with van der Waals surface area (Å²) in [5, 5.41) is 10.3. The quantitative estimate of drug-likeness (QED) is 0.816. The molecule has 1 fully saturated rings. The Hall–Kier alpha value is -2.23. The minimum Gasteiger partial charge on any atom is -0.503 e. The number of piperazine rings is 1. The zero-order valence-corrected chi connectivity index (χ0v) is 15.8. The molecular weight excluding hydrogens is 373 g/mol. The van der Waals surface area contributed by atoms with Crippen LogP contribution in [-0.2, 0) is 16.6 Å². The van der Waals surface area contributed by atoms with E-state index < -0.39 is 32.0 Å². The molecule has 1 aliphatic rings. The van der Waals surface area contributed by atoms with Crippen molar-refractivity contribution in [2.75, 3.05) is 32.7 Å². The molecule has 27 heavy (non-hydrogen) atoms. The van der Waals surface area contributed by atoms with E-state index in [2.05, 4.69) is 16.7 Å². The SMILES string of the molecule is CCN1CCN(Cc2ccn(S(=O)(=O)c3ccccc3F)c(=O)c2O)CC1. The number of pyridine rings is 1. The van der Waals surface area contributed by atoms with Gasteiger partial charge in [0.15, 0.2) is 5.75 Å². The van der Waals surface area contributed by atoms with E-state index in [1.165, 1.54) is 18.2 Å². The van der Waals surface area contributed by atoms with E-state index in [-0.39, 0.29) is 0 Å². The number of benzene rings is 1. The Bertz CT molecular complexity index is 982. The molecule has 2 aromatic rings. The van der Waals surface area contributed by atoms with Crippen molar-refractivity contribution in [2.45, 2.75) is 18.4 Å². The first-order valence-corrected chi connectivity index (χ1v) is 10.2. The largest absolute Gasteiger partial charge is 0.503 e. The summed E-state index contributed by atoms with van der Waals surface area (Å²) in [7, 11) is -4.43. The van der Waals surface area contributed by atoms with Gasteiger partial charge in [-0.1, -0.05) is 19.1 Å². The lowest BCUT2D eigenvalue weighted by Crippen LogP contribution is -2.45. The highest BCUT2D eigenvalue weighted by Crippen LogP contribution is 2.20. The van der Waals surface area contributed by atoms with Crippen LogP contribution < -0.4 is 5.56 Å². The van der Waals surface area contributed by atoms with Crippen LogP contribution in [0.15, 0.2) is 46.2 Å². The summed E-state index contributed by atoms with van der Waals surface area (Å²) in [5.74, 6) is -1.59. The van der Waals surface area contributed by atoms with Gasteiger partial charge in [-0.15, -0.1) is 0 Å². The van der Waals surface area contributed by atoms with Gasteiger partial charge in [0.2, 0.25) is 0 Å². The molecule has 1 saturated heterocycles. The van der Waals surface area contributed by atoms with Gasteiger partial charge in [-0.05, 0) is 24.7 Å². The van der Waals surface area contributed by atoms with Gasteiger partial charge in [-0.25, -0.2) is 16.8 Å². The number of hydrogen-bond acceptors (Lipinski definition) is 6. The first-order chi connectivity index (χ1) is 12.8. The van der Waals surface area contributed by atoms with Crippen LogP contribution in [-0.4, -0.2) is 60.0 Å². The minimum absolute atomic E-state index is 0.346. The number of likely N-dealkylation sites (N-methyl/N-ethyl adjacent to an activating group) is 1. The second-order valence-electron chi connectivity index (χ2n) is 6.44. The second-order valence-corrected chi connectivity index (χ2v) is 8.22. The number of nitrogens with zero attached hydrogens (tertiary/aromatic N) is 3. The molecule has 0 unspecified atom stereocenters. The molecule has 0 spiro atoms. The molecule has 0 amide bonds. The van der Waals surface area contributed by atoms with E-state index in [1.54, 1.807) is 0 Å². The number of hydrogen-bond donors (Lipinski definition) is 1. The first-order valence-electron chi connectivity index (χ1n) is 8.73. The lowest BCUT2D eigenvalue weighted by Gasteiger charge is -2.34. The molecule has 0 aliphatic carbocycles. The van der Waals surface area contributed by atoms with Gasteiger partial charge in [0.05, 0.1) is 0 Å². The van der Waals surface area contributed by atoms with Gasteiger partial charge < -0.3 is 10.0 Å². The zero-order chi connectivity index (χ0) is 19.6. The number of aromatic nitrogens is 1. The summed E-state index contributed by atoms with van der Waals surface area (Å²) < 4.78 is 39.4. The van der Waals surface area contributed by atoms with E-state index in [0.717, 1.165) is 51.1 Å². The highest BCUT2D eigenvalue weighted by Gasteiger charge is 2.25. The van der Waals surface area contributed by atoms with E-state index in [9.17, 15) is 22.7 Å². The molecule has 9 heteroatoms. The van der Waals surface area contributed by atoms with Gasteiger partial charge in [0, 0.05) is 44.5 Å². The molecular formula is C18H22FN3O4S. The fourth-order valence-electron chi connectivity index (χ4n) is 3.13. The summed E-state index contributed by atoms with van der Waals surface area (Å²) >= 11 is 0. The lowest BCUT2D eigenvalue weighted by molar-refractivity contribution is 0.131. The van der Waals surface area contributed by atoms with Crippen molar-refractivity contribution in [1.29, 1.82) is 0 Å². The fraction of sp³-hybridized carbons (Fsp3) is 0.389. The van der Waals surface area contributed by atoms with E-state index in [4.69, 9.17) is 0 Å². The average Bonchev–Trinajstić information content (AvgIpc) is 2.66. The fourth-order valence-corrected chi connectivity index (χ4v) is 4.43. The van der Waals surface area contributed by atoms with Crippen molar-refractivity contribution < 1.29 is 17.9 Å². The van der Waals surface area contributed by atoms with Crippen LogP contribution in [0.3, 0.4) is 0 Å². The Morgan fingerprint density at radius 2 is 1.70 bits per heavy atom. The first kappa shape index (κ1) is 19.5. The van der Waals surface area contributed by atoms with Gasteiger partial charge >= 0.3 is 5.56 Å². The van der Waals surface area contributed by atoms with Crippen molar-refractivity contribution in [3.8, 4) is 5.75 Å². The summed E-state index contributed by atoms with van der Waals surface area (Å²) in [5.41, 5.74) is -0.729. The molecule has 1 aromatic heterocycles. The molecule has 0 saturated carbocycles. The zero-order valence-electron chi connectivity index (χ0n) is 15.0. The third-order valence-electron chi connectivity index (χ3n) is 4.80. The number of rotatable bonds is 5. The van der Waals surface area contributed by atoms with Crippen molar-refractivity contribution >= 4 is 10.0 Å². The monoisotopic (exact) mass is 395 g/mol. The third-order valence-corrected chi connectivity index (χ3v) is 6.49. The highest BCUT2D eigenvalue weighted by molar-refractivity contribution is 7.90. The molecule has 146 valence electrons. The standard InChI is InChI=1S/C18H22FN3O4S/c1-2-20-9-11-21(12-10-20)13-14-7-8-22(18(24)17(14)23)27(25,26)16-6-4-3-5-15(16)19/h3-8,23H,2,9-13H2,1H3. The van der Waals surface area contributed by atoms with E-state index in [1.807, 2.05) is 0 Å². The van der Waals surface area contributed by atoms with E-state index >= 15 is 0 Å². The molecule has 1 aromatic carbocycles. The van der Waals surface area contributed by atoms with Crippen molar-refractivity contribution in [1.82, 2.24) is 13.8 Å². The summed E-state index contributed by atoms with van der Waals surface area (Å²) in [6.07, 6.45) is 1.07. The van der Waals surface area contributed by atoms with Crippen LogP contribution in [0.4, 0.5) is 4.39 Å². The number of halogens is 1. The van der Waals surface area contributed by atoms with Gasteiger partial charge in [0.1, 0.15) is 10.7 Å². The maximum Gasteiger partial charge on any atom is 0.306 e. The predicted octanol–water partition coefficient (Wildman–Crippen LogP) is 1.07. The van der Waals surface area contributed by atoms with Crippen LogP contribution in [0.25, 0.3) is 0 Å². The van der Waals surface area contributed by atoms with Crippen LogP contribution in [0.5, 0.6) is 5.75 Å². The molecule has 0 radical (unpaired) electrons. The Morgan fingerprint density at radius 3 is 2.33 bits per heavy atom. The second kappa shape index (κ2) is 7.79. The molecule has 1 aliphatic heterocycles. The van der Waals surface area contributed by atoms with Crippen LogP contribution in [0.2, 0.25) is 0 Å². The Kier molecular flexibility index (Phi) is 5.64. The van der Waals surface area contributed by atoms with Gasteiger partial charge in [-0.3, -0.25) is 9.69 Å². The number of aromatic hydroxyl groups is 1. The Morgan fingerprint density at radius 1 is 1.07 bits per heavy atom. The van der Waals surface area contributed by atoms with Gasteiger partial charge in [-0.2, -0.15) is 0 Å². The summed E-state index contributed by atoms with van der Waals surface area (Å²) in [6.45, 7) is 6.80. The van der Waals surface area contributed by atoms with Crippen molar-refractivity contribution in [3.05, 3.63) is 58.3 Å². The maximum atomic E-state index is 13.9. The highest BCUT2D eigenvalue weighted by atomic mass is 32.2. The third kappa shape index (κ3) is 3.90. The molecule has 3 rings (SSSR count). The van der Waals surface area contributed by atoms with Crippen molar-refractivity contribution in [2.24, 2.45) is 0 Å². The predicted molar refractivity (Wildman–Crippen MR) is 98.7 cm³/mol. The minimum atomic E-state index is -4.43. The van der Waals surface area contributed by atoms with Crippen LogP contribution in [0, 0.1) is 5.82 Å². The van der Waals surface area contributed by atoms with Crippen molar-refractivity contribution in [3.63, 3.8) is 0 Å². The lowest BCUT2D eigenvalue weighted by atomic mass is 10.2. The smallest absolute Gasteiger partial charge is 0.306 e.